The summed E-state index contributed by atoms with van der Waals surface area (Å²) in [5.74, 6) is 0.412. The van der Waals surface area contributed by atoms with Crippen LogP contribution in [0.2, 0.25) is 0 Å². The number of fused-ring (bicyclic) bond motifs is 1. The van der Waals surface area contributed by atoms with E-state index in [9.17, 15) is 13.2 Å². The lowest BCUT2D eigenvalue weighted by Crippen LogP contribution is -2.55. The van der Waals surface area contributed by atoms with Crippen LogP contribution < -0.4 is 0 Å². The number of rotatable bonds is 4. The van der Waals surface area contributed by atoms with Crippen LogP contribution in [0, 0.1) is 5.92 Å². The topological polar surface area (TPSA) is 66.9 Å². The first kappa shape index (κ1) is 14.7. The van der Waals surface area contributed by atoms with Gasteiger partial charge in [-0.05, 0) is 12.8 Å². The number of carbonyl (C=O) groups is 1. The van der Waals surface area contributed by atoms with Crippen LogP contribution in [-0.4, -0.2) is 67.7 Å². The van der Waals surface area contributed by atoms with Crippen LogP contribution >= 0.6 is 0 Å². The molecule has 2 heterocycles. The summed E-state index contributed by atoms with van der Waals surface area (Å²) in [7, 11) is -3.21. The van der Waals surface area contributed by atoms with Gasteiger partial charge in [-0.25, -0.2) is 8.42 Å². The first-order valence-corrected chi connectivity index (χ1v) is 8.35. The second-order valence-corrected chi connectivity index (χ2v) is 7.83. The number of hydrogen-bond acceptors (Lipinski definition) is 4. The van der Waals surface area contributed by atoms with E-state index in [0.717, 1.165) is 0 Å². The molecule has 0 radical (unpaired) electrons. The molecule has 1 amide bonds. The van der Waals surface area contributed by atoms with Gasteiger partial charge in [-0.1, -0.05) is 13.8 Å². The molecule has 19 heavy (non-hydrogen) atoms. The van der Waals surface area contributed by atoms with E-state index in [1.165, 1.54) is 4.31 Å². The van der Waals surface area contributed by atoms with Crippen LogP contribution in [-0.2, 0) is 19.6 Å². The van der Waals surface area contributed by atoms with Gasteiger partial charge in [-0.15, -0.1) is 0 Å². The van der Waals surface area contributed by atoms with E-state index in [4.69, 9.17) is 4.74 Å². The summed E-state index contributed by atoms with van der Waals surface area (Å²) in [6.45, 7) is 7.18. The summed E-state index contributed by atoms with van der Waals surface area (Å²) in [6.07, 6.45) is -0.183. The summed E-state index contributed by atoms with van der Waals surface area (Å²) in [5.41, 5.74) is 0. The third-order valence-corrected chi connectivity index (χ3v) is 5.48. The molecule has 7 heteroatoms. The lowest BCUT2D eigenvalue weighted by Gasteiger charge is -2.37. The molecule has 2 atom stereocenters. The van der Waals surface area contributed by atoms with Gasteiger partial charge >= 0.3 is 0 Å². The SMILES string of the molecule is CCS(=O)(=O)N1C[C@@H]2[C@@H](C1)OCC(=O)N2CC(C)C. The maximum Gasteiger partial charge on any atom is 0.248 e. The van der Waals surface area contributed by atoms with Crippen LogP contribution in [0.3, 0.4) is 0 Å². The molecule has 0 aromatic heterocycles. The average Bonchev–Trinajstić information content (AvgIpc) is 2.77. The molecule has 0 unspecified atom stereocenters. The van der Waals surface area contributed by atoms with E-state index < -0.39 is 10.0 Å². The van der Waals surface area contributed by atoms with Crippen LogP contribution in [0.15, 0.2) is 0 Å². The molecule has 0 bridgehead atoms. The Morgan fingerprint density at radius 1 is 1.37 bits per heavy atom. The second-order valence-electron chi connectivity index (χ2n) is 5.57. The highest BCUT2D eigenvalue weighted by Gasteiger charge is 2.46. The number of hydrogen-bond donors (Lipinski definition) is 0. The van der Waals surface area contributed by atoms with Gasteiger partial charge in [-0.2, -0.15) is 4.31 Å². The summed E-state index contributed by atoms with van der Waals surface area (Å²) in [5, 5.41) is 0. The molecule has 0 aromatic carbocycles. The monoisotopic (exact) mass is 290 g/mol. The molecule has 110 valence electrons. The van der Waals surface area contributed by atoms with Crippen LogP contribution in [0.5, 0.6) is 0 Å². The Hall–Kier alpha value is -0.660. The van der Waals surface area contributed by atoms with Crippen molar-refractivity contribution in [1.29, 1.82) is 0 Å². The molecule has 0 spiro atoms. The van der Waals surface area contributed by atoms with Crippen LogP contribution in [0.25, 0.3) is 0 Å². The molecule has 2 rings (SSSR count). The van der Waals surface area contributed by atoms with Crippen molar-refractivity contribution >= 4 is 15.9 Å². The summed E-state index contributed by atoms with van der Waals surface area (Å²) < 4.78 is 30.8. The minimum absolute atomic E-state index is 0.0364. The van der Waals surface area contributed by atoms with Gasteiger partial charge in [-0.3, -0.25) is 4.79 Å². The maximum atomic E-state index is 11.9. The molecule has 2 saturated heterocycles. The van der Waals surface area contributed by atoms with Crippen LogP contribution in [0.4, 0.5) is 0 Å². The Morgan fingerprint density at radius 2 is 2.05 bits per heavy atom. The summed E-state index contributed by atoms with van der Waals surface area (Å²) >= 11 is 0. The fraction of sp³-hybridized carbons (Fsp3) is 0.917. The summed E-state index contributed by atoms with van der Waals surface area (Å²) in [6, 6.07) is -0.134. The number of amides is 1. The molecular weight excluding hydrogens is 268 g/mol. The summed E-state index contributed by atoms with van der Waals surface area (Å²) in [4.78, 5) is 13.7. The minimum Gasteiger partial charge on any atom is -0.365 e. The van der Waals surface area contributed by atoms with Crippen molar-refractivity contribution in [2.24, 2.45) is 5.92 Å². The number of carbonyl (C=O) groups excluding carboxylic acids is 1. The number of nitrogens with zero attached hydrogens (tertiary/aromatic N) is 2. The highest BCUT2D eigenvalue weighted by Crippen LogP contribution is 2.26. The molecule has 6 nitrogen and oxygen atoms in total. The molecule has 2 fully saturated rings. The lowest BCUT2D eigenvalue weighted by atomic mass is 10.1. The molecule has 0 N–H and O–H groups in total. The Labute approximate surface area is 114 Å². The normalized spacial score (nSPS) is 29.1. The van der Waals surface area contributed by atoms with Crippen molar-refractivity contribution in [2.75, 3.05) is 32.0 Å². The largest absolute Gasteiger partial charge is 0.365 e. The standard InChI is InChI=1S/C12H22N2O4S/c1-4-19(16,17)13-6-10-11(7-13)18-8-12(15)14(10)5-9(2)3/h9-11H,4-8H2,1-3H3/t10-,11-/m1/s1. The number of ether oxygens (including phenoxy) is 1. The maximum absolute atomic E-state index is 11.9. The van der Waals surface area contributed by atoms with Crippen LogP contribution in [0.1, 0.15) is 20.8 Å². The van der Waals surface area contributed by atoms with E-state index in [-0.39, 0.29) is 30.4 Å². The van der Waals surface area contributed by atoms with Gasteiger partial charge in [0.25, 0.3) is 0 Å². The lowest BCUT2D eigenvalue weighted by molar-refractivity contribution is -0.153. The van der Waals surface area contributed by atoms with E-state index in [1.54, 1.807) is 11.8 Å². The number of sulfonamides is 1. The van der Waals surface area contributed by atoms with Gasteiger partial charge in [0.2, 0.25) is 15.9 Å². The second kappa shape index (κ2) is 5.38. The van der Waals surface area contributed by atoms with E-state index in [2.05, 4.69) is 0 Å². The van der Waals surface area contributed by atoms with Gasteiger partial charge in [0.05, 0.1) is 17.9 Å². The molecule has 0 aliphatic carbocycles. The molecular formula is C12H22N2O4S. The third-order valence-electron chi connectivity index (χ3n) is 3.67. The van der Waals surface area contributed by atoms with Gasteiger partial charge in [0.1, 0.15) is 6.61 Å². The molecule has 2 aliphatic heterocycles. The predicted octanol–water partition coefficient (Wildman–Crippen LogP) is -0.0963. The van der Waals surface area contributed by atoms with E-state index >= 15 is 0 Å². The van der Waals surface area contributed by atoms with Gasteiger partial charge < -0.3 is 9.64 Å². The van der Waals surface area contributed by atoms with Gasteiger partial charge in [0, 0.05) is 19.6 Å². The van der Waals surface area contributed by atoms with Crippen molar-refractivity contribution in [3.63, 3.8) is 0 Å². The number of morpholine rings is 1. The van der Waals surface area contributed by atoms with E-state index in [1.807, 2.05) is 13.8 Å². The third kappa shape index (κ3) is 2.93. The first-order chi connectivity index (χ1) is 8.85. The Morgan fingerprint density at radius 3 is 2.63 bits per heavy atom. The fourth-order valence-electron chi connectivity index (χ4n) is 2.67. The van der Waals surface area contributed by atoms with E-state index in [0.29, 0.717) is 25.6 Å². The zero-order chi connectivity index (χ0) is 14.2. The average molecular weight is 290 g/mol. The van der Waals surface area contributed by atoms with Crippen molar-refractivity contribution < 1.29 is 17.9 Å². The van der Waals surface area contributed by atoms with Crippen molar-refractivity contribution in [1.82, 2.24) is 9.21 Å². The first-order valence-electron chi connectivity index (χ1n) is 6.74. The predicted molar refractivity (Wildman–Crippen MR) is 71.1 cm³/mol. The smallest absolute Gasteiger partial charge is 0.248 e. The zero-order valence-electron chi connectivity index (χ0n) is 11.7. The fourth-order valence-corrected chi connectivity index (χ4v) is 3.79. The molecule has 2 aliphatic rings. The highest BCUT2D eigenvalue weighted by molar-refractivity contribution is 7.89. The Bertz CT molecular complexity index is 449. The van der Waals surface area contributed by atoms with Crippen molar-refractivity contribution in [3.05, 3.63) is 0 Å². The Kier molecular flexibility index (Phi) is 4.17. The quantitative estimate of drug-likeness (QED) is 0.725. The molecule has 0 saturated carbocycles. The highest BCUT2D eigenvalue weighted by atomic mass is 32.2. The molecule has 0 aromatic rings. The van der Waals surface area contributed by atoms with Gasteiger partial charge in [0.15, 0.2) is 0 Å². The Balaban J connectivity index is 2.15. The zero-order valence-corrected chi connectivity index (χ0v) is 12.5. The van der Waals surface area contributed by atoms with Crippen molar-refractivity contribution in [2.45, 2.75) is 32.9 Å². The van der Waals surface area contributed by atoms with Crippen molar-refractivity contribution in [3.8, 4) is 0 Å². The minimum atomic E-state index is -3.21.